The van der Waals surface area contributed by atoms with Gasteiger partial charge < -0.3 is 4.98 Å². The highest BCUT2D eigenvalue weighted by Gasteiger charge is 2.56. The summed E-state index contributed by atoms with van der Waals surface area (Å²) < 4.78 is 0. The van der Waals surface area contributed by atoms with Crippen molar-refractivity contribution in [3.63, 3.8) is 0 Å². The molecular weight excluding hydrogens is 404 g/mol. The molecule has 0 bridgehead atoms. The number of rotatable bonds is 2. The molecule has 1 N–H and O–H groups in total. The van der Waals surface area contributed by atoms with E-state index in [0.717, 1.165) is 32.9 Å². The number of aromatic nitrogens is 1. The van der Waals surface area contributed by atoms with Crippen LogP contribution >= 0.6 is 23.1 Å². The van der Waals surface area contributed by atoms with E-state index in [0.29, 0.717) is 10.7 Å². The minimum absolute atomic E-state index is 0.156. The minimum atomic E-state index is -0.550. The highest BCUT2D eigenvalue weighted by atomic mass is 32.2. The summed E-state index contributed by atoms with van der Waals surface area (Å²) in [6.07, 6.45) is 0. The summed E-state index contributed by atoms with van der Waals surface area (Å²) in [5.74, 6) is -1.26. The van der Waals surface area contributed by atoms with Gasteiger partial charge in [0.15, 0.2) is 0 Å². The smallest absolute Gasteiger partial charge is 0.305 e. The third-order valence-electron chi connectivity index (χ3n) is 5.64. The number of thiazole rings is 1. The molecule has 5 rings (SSSR count). The molecule has 0 aliphatic carbocycles. The van der Waals surface area contributed by atoms with Gasteiger partial charge in [-0.25, -0.2) is 4.90 Å². The topological polar surface area (TPSA) is 70.2 Å². The summed E-state index contributed by atoms with van der Waals surface area (Å²) in [5.41, 5.74) is 3.70. The van der Waals surface area contributed by atoms with Gasteiger partial charge in [0.05, 0.1) is 16.6 Å². The van der Waals surface area contributed by atoms with E-state index in [4.69, 9.17) is 0 Å². The number of H-pyrrole nitrogens is 1. The van der Waals surface area contributed by atoms with Crippen molar-refractivity contribution in [2.45, 2.75) is 30.0 Å². The molecule has 3 atom stereocenters. The van der Waals surface area contributed by atoms with E-state index in [1.807, 2.05) is 62.4 Å². The maximum atomic E-state index is 13.6. The van der Waals surface area contributed by atoms with Crippen molar-refractivity contribution in [2.24, 2.45) is 5.92 Å². The van der Waals surface area contributed by atoms with Gasteiger partial charge in [-0.3, -0.25) is 14.4 Å². The van der Waals surface area contributed by atoms with Crippen LogP contribution in [0.3, 0.4) is 0 Å². The second-order valence-corrected chi connectivity index (χ2v) is 9.62. The number of carbonyl (C=O) groups is 2. The summed E-state index contributed by atoms with van der Waals surface area (Å²) in [4.78, 5) is 43.8. The lowest BCUT2D eigenvalue weighted by Crippen LogP contribution is -2.32. The van der Waals surface area contributed by atoms with E-state index in [2.05, 4.69) is 4.98 Å². The van der Waals surface area contributed by atoms with Crippen molar-refractivity contribution >= 4 is 40.6 Å². The lowest BCUT2D eigenvalue weighted by molar-refractivity contribution is -0.122. The van der Waals surface area contributed by atoms with Gasteiger partial charge in [-0.1, -0.05) is 65.1 Å². The van der Waals surface area contributed by atoms with Gasteiger partial charge in [0.25, 0.3) is 0 Å². The molecule has 0 saturated carbocycles. The highest BCUT2D eigenvalue weighted by molar-refractivity contribution is 8.00. The number of hydrogen-bond acceptors (Lipinski definition) is 5. The first-order valence-electron chi connectivity index (χ1n) is 9.35. The molecule has 146 valence electrons. The molecule has 3 heterocycles. The van der Waals surface area contributed by atoms with Gasteiger partial charge in [0, 0.05) is 10.8 Å². The van der Waals surface area contributed by atoms with Crippen LogP contribution in [0.4, 0.5) is 5.69 Å². The number of amides is 2. The van der Waals surface area contributed by atoms with E-state index in [9.17, 15) is 14.4 Å². The number of hydrogen-bond donors (Lipinski definition) is 1. The zero-order valence-electron chi connectivity index (χ0n) is 15.8. The molecule has 1 aromatic heterocycles. The standard InChI is InChI=1S/C22H18N2O3S2/c1-11-7-9-13(10-8-11)24-20(25)16-15(14-6-4-3-5-12(14)2)17-19(23-22(27)29-17)28-18(16)21(24)26/h3-10,15-16,18H,1-2H3,(H,23,27)/t15-,16?,18?/m1/s1. The van der Waals surface area contributed by atoms with Crippen LogP contribution in [-0.4, -0.2) is 22.0 Å². The van der Waals surface area contributed by atoms with E-state index >= 15 is 0 Å². The molecule has 2 unspecified atom stereocenters. The van der Waals surface area contributed by atoms with Gasteiger partial charge in [0.1, 0.15) is 5.25 Å². The Morgan fingerprint density at radius 2 is 1.66 bits per heavy atom. The maximum Gasteiger partial charge on any atom is 0.305 e. The number of fused-ring (bicyclic) bond motifs is 2. The Hall–Kier alpha value is -2.64. The summed E-state index contributed by atoms with van der Waals surface area (Å²) in [6, 6.07) is 15.3. The number of imide groups is 1. The highest BCUT2D eigenvalue weighted by Crippen LogP contribution is 2.53. The molecule has 2 aliphatic rings. The van der Waals surface area contributed by atoms with Crippen LogP contribution < -0.4 is 9.77 Å². The molecule has 2 aliphatic heterocycles. The molecular formula is C22H18N2O3S2. The molecule has 1 fully saturated rings. The average molecular weight is 423 g/mol. The van der Waals surface area contributed by atoms with Crippen molar-refractivity contribution in [3.05, 3.63) is 79.8 Å². The first-order chi connectivity index (χ1) is 14.0. The Balaban J connectivity index is 1.67. The normalized spacial score (nSPS) is 23.2. The Morgan fingerprint density at radius 3 is 2.38 bits per heavy atom. The molecule has 3 aromatic rings. The largest absolute Gasteiger partial charge is 0.307 e. The van der Waals surface area contributed by atoms with Gasteiger partial charge in [-0.2, -0.15) is 0 Å². The van der Waals surface area contributed by atoms with Crippen LogP contribution in [0.2, 0.25) is 0 Å². The maximum absolute atomic E-state index is 13.6. The number of aryl methyl sites for hydroxylation is 2. The number of benzene rings is 2. The molecule has 1 saturated heterocycles. The second kappa shape index (κ2) is 6.71. The van der Waals surface area contributed by atoms with Crippen molar-refractivity contribution in [1.29, 1.82) is 0 Å². The molecule has 0 radical (unpaired) electrons. The van der Waals surface area contributed by atoms with Gasteiger partial charge in [-0.15, -0.1) is 0 Å². The number of anilines is 1. The van der Waals surface area contributed by atoms with Crippen molar-refractivity contribution < 1.29 is 9.59 Å². The molecule has 0 spiro atoms. The zero-order chi connectivity index (χ0) is 20.3. The third-order valence-corrected chi connectivity index (χ3v) is 8.04. The average Bonchev–Trinajstić information content (AvgIpc) is 3.19. The van der Waals surface area contributed by atoms with E-state index < -0.39 is 11.2 Å². The van der Waals surface area contributed by atoms with Gasteiger partial charge in [-0.05, 0) is 37.1 Å². The van der Waals surface area contributed by atoms with Crippen molar-refractivity contribution in [3.8, 4) is 0 Å². The van der Waals surface area contributed by atoms with Crippen LogP contribution in [0.1, 0.15) is 27.5 Å². The summed E-state index contributed by atoms with van der Waals surface area (Å²) in [6.45, 7) is 3.97. The Labute approximate surface area is 175 Å². The SMILES string of the molecule is Cc1ccc(N2C(=O)C3Sc4[nH]c(=O)sc4[C@H](c4ccccc4C)C3C2=O)cc1. The fraction of sp³-hybridized carbons (Fsp3) is 0.227. The second-order valence-electron chi connectivity index (χ2n) is 7.45. The first kappa shape index (κ1) is 18.4. The van der Waals surface area contributed by atoms with Crippen molar-refractivity contribution in [2.75, 3.05) is 4.90 Å². The van der Waals surface area contributed by atoms with Gasteiger partial charge >= 0.3 is 4.87 Å². The van der Waals surface area contributed by atoms with E-state index in [1.54, 1.807) is 0 Å². The summed E-state index contributed by atoms with van der Waals surface area (Å²) in [7, 11) is 0. The summed E-state index contributed by atoms with van der Waals surface area (Å²) >= 11 is 2.45. The zero-order valence-corrected chi connectivity index (χ0v) is 17.5. The number of nitrogens with zero attached hydrogens (tertiary/aromatic N) is 1. The number of aromatic amines is 1. The predicted molar refractivity (Wildman–Crippen MR) is 115 cm³/mol. The number of carbonyl (C=O) groups excluding carboxylic acids is 2. The monoisotopic (exact) mass is 422 g/mol. The number of nitrogens with one attached hydrogen (secondary N) is 1. The quantitative estimate of drug-likeness (QED) is 0.637. The minimum Gasteiger partial charge on any atom is -0.307 e. The van der Waals surface area contributed by atoms with Crippen molar-refractivity contribution in [1.82, 2.24) is 4.98 Å². The Morgan fingerprint density at radius 1 is 0.931 bits per heavy atom. The molecule has 2 amide bonds. The van der Waals surface area contributed by atoms with Crippen LogP contribution in [0.5, 0.6) is 0 Å². The van der Waals surface area contributed by atoms with Crippen LogP contribution in [0.25, 0.3) is 0 Å². The Kier molecular flexibility index (Phi) is 4.26. The predicted octanol–water partition coefficient (Wildman–Crippen LogP) is 3.85. The summed E-state index contributed by atoms with van der Waals surface area (Å²) in [5, 5.41) is 0.160. The van der Waals surface area contributed by atoms with Crippen LogP contribution in [-0.2, 0) is 9.59 Å². The molecule has 5 nitrogen and oxygen atoms in total. The number of thioether (sulfide) groups is 1. The molecule has 29 heavy (non-hydrogen) atoms. The fourth-order valence-corrected chi connectivity index (χ4v) is 6.74. The third kappa shape index (κ3) is 2.80. The lowest BCUT2D eigenvalue weighted by atomic mass is 9.81. The Bertz CT molecular complexity index is 1200. The molecule has 2 aromatic carbocycles. The van der Waals surface area contributed by atoms with E-state index in [1.165, 1.54) is 16.7 Å². The molecule has 7 heteroatoms. The van der Waals surface area contributed by atoms with Crippen LogP contribution in [0.15, 0.2) is 58.4 Å². The van der Waals surface area contributed by atoms with Crippen LogP contribution in [0, 0.1) is 19.8 Å². The van der Waals surface area contributed by atoms with E-state index in [-0.39, 0.29) is 22.6 Å². The first-order valence-corrected chi connectivity index (χ1v) is 11.0. The fourth-order valence-electron chi connectivity index (χ4n) is 4.24. The lowest BCUT2D eigenvalue weighted by Gasteiger charge is -2.30. The van der Waals surface area contributed by atoms with Gasteiger partial charge in [0.2, 0.25) is 11.8 Å².